The highest BCUT2D eigenvalue weighted by Gasteiger charge is 2.48. The number of halogens is 2. The molecule has 0 radical (unpaired) electrons. The zero-order chi connectivity index (χ0) is 32.2. The third-order valence-electron chi connectivity index (χ3n) is 7.18. The number of anilines is 1. The van der Waals surface area contributed by atoms with Gasteiger partial charge in [-0.3, -0.25) is 14.5 Å². The molecular formula is C34H25ClFN3O5S2. The normalized spacial score (nSPS) is 15.7. The van der Waals surface area contributed by atoms with E-state index in [-0.39, 0.29) is 22.3 Å². The molecule has 232 valence electrons. The summed E-state index contributed by atoms with van der Waals surface area (Å²) in [5.74, 6) is -1.10. The van der Waals surface area contributed by atoms with Crippen molar-refractivity contribution in [1.29, 1.82) is 0 Å². The van der Waals surface area contributed by atoms with Crippen LogP contribution in [0.2, 0.25) is 5.02 Å². The molecule has 1 aliphatic rings. The van der Waals surface area contributed by atoms with Crippen LogP contribution < -0.4 is 14.4 Å². The van der Waals surface area contributed by atoms with Crippen LogP contribution in [0.3, 0.4) is 0 Å². The summed E-state index contributed by atoms with van der Waals surface area (Å²) < 4.78 is 25.5. The smallest absolute Gasteiger partial charge is 0.301 e. The minimum absolute atomic E-state index is 0.122. The maximum absolute atomic E-state index is 13.6. The minimum Gasteiger partial charge on any atom is -0.507 e. The van der Waals surface area contributed by atoms with Crippen molar-refractivity contribution in [2.75, 3.05) is 12.0 Å². The zero-order valence-electron chi connectivity index (χ0n) is 24.2. The lowest BCUT2D eigenvalue weighted by atomic mass is 9.95. The Morgan fingerprint density at radius 1 is 0.957 bits per heavy atom. The summed E-state index contributed by atoms with van der Waals surface area (Å²) in [6.07, 6.45) is 0. The summed E-state index contributed by atoms with van der Waals surface area (Å²) in [6.45, 7) is 0.300. The SMILES string of the molecule is COc1cc(C2/C(=C(/O)c3ccc(Cl)cc3)C(=O)C(=O)N2c2nnc(SCc3ccc(F)cc3)s2)ccc1OCc1ccccc1. The molecule has 0 bridgehead atoms. The van der Waals surface area contributed by atoms with Gasteiger partial charge < -0.3 is 14.6 Å². The Hall–Kier alpha value is -4.71. The Morgan fingerprint density at radius 2 is 1.70 bits per heavy atom. The molecule has 1 amide bonds. The van der Waals surface area contributed by atoms with Gasteiger partial charge in [0.2, 0.25) is 5.13 Å². The maximum atomic E-state index is 13.6. The summed E-state index contributed by atoms with van der Waals surface area (Å²) in [5, 5.41) is 20.5. The number of hydrogen-bond donors (Lipinski definition) is 1. The number of Topliss-reactive ketones (excluding diaryl/α,β-unsaturated/α-hetero) is 1. The van der Waals surface area contributed by atoms with Crippen molar-refractivity contribution in [2.24, 2.45) is 0 Å². The summed E-state index contributed by atoms with van der Waals surface area (Å²) >= 11 is 8.55. The number of ether oxygens (including phenoxy) is 2. The van der Waals surface area contributed by atoms with Crippen molar-refractivity contribution in [1.82, 2.24) is 10.2 Å². The minimum atomic E-state index is -1.06. The number of amides is 1. The Morgan fingerprint density at radius 3 is 2.41 bits per heavy atom. The van der Waals surface area contributed by atoms with Gasteiger partial charge in [-0.05, 0) is 65.2 Å². The van der Waals surface area contributed by atoms with Gasteiger partial charge in [0.15, 0.2) is 15.8 Å². The Kier molecular flexibility index (Phi) is 9.34. The first kappa shape index (κ1) is 31.3. The fraction of sp³-hybridized carbons (Fsp3) is 0.118. The van der Waals surface area contributed by atoms with Gasteiger partial charge in [-0.2, -0.15) is 0 Å². The summed E-state index contributed by atoms with van der Waals surface area (Å²) in [4.78, 5) is 28.5. The largest absolute Gasteiger partial charge is 0.507 e. The zero-order valence-corrected chi connectivity index (χ0v) is 26.6. The molecule has 1 aliphatic heterocycles. The number of ketones is 1. The molecule has 0 spiro atoms. The van der Waals surface area contributed by atoms with Crippen molar-refractivity contribution >= 4 is 57.3 Å². The monoisotopic (exact) mass is 673 g/mol. The summed E-state index contributed by atoms with van der Waals surface area (Å²) in [5.41, 5.74) is 2.52. The lowest BCUT2D eigenvalue weighted by Crippen LogP contribution is -2.29. The van der Waals surface area contributed by atoms with Crippen LogP contribution in [0.4, 0.5) is 9.52 Å². The number of thioether (sulfide) groups is 1. The summed E-state index contributed by atoms with van der Waals surface area (Å²) in [6, 6.07) is 26.1. The number of methoxy groups -OCH3 is 1. The van der Waals surface area contributed by atoms with E-state index in [0.717, 1.165) is 22.5 Å². The molecule has 12 heteroatoms. The van der Waals surface area contributed by atoms with Crippen LogP contribution in [0.25, 0.3) is 5.76 Å². The third kappa shape index (κ3) is 6.62. The van der Waals surface area contributed by atoms with E-state index in [1.807, 2.05) is 30.3 Å². The van der Waals surface area contributed by atoms with Gasteiger partial charge in [-0.15, -0.1) is 10.2 Å². The fourth-order valence-corrected chi connectivity index (χ4v) is 6.85. The van der Waals surface area contributed by atoms with Crippen molar-refractivity contribution in [3.63, 3.8) is 0 Å². The van der Waals surface area contributed by atoms with Crippen molar-refractivity contribution in [2.45, 2.75) is 22.7 Å². The average Bonchev–Trinajstić information content (AvgIpc) is 3.65. The highest BCUT2D eigenvalue weighted by atomic mass is 35.5. The number of aliphatic hydroxyl groups excluding tert-OH is 1. The third-order valence-corrected chi connectivity index (χ3v) is 9.56. The first-order valence-electron chi connectivity index (χ1n) is 13.9. The quantitative estimate of drug-likeness (QED) is 0.0526. The van der Waals surface area contributed by atoms with E-state index in [4.69, 9.17) is 21.1 Å². The van der Waals surface area contributed by atoms with E-state index in [0.29, 0.717) is 44.3 Å². The molecular weight excluding hydrogens is 649 g/mol. The number of hydrogen-bond acceptors (Lipinski definition) is 9. The molecule has 1 N–H and O–H groups in total. The molecule has 0 saturated carbocycles. The summed E-state index contributed by atoms with van der Waals surface area (Å²) in [7, 11) is 1.49. The Balaban J connectivity index is 1.37. The molecule has 6 rings (SSSR count). The molecule has 2 heterocycles. The second kappa shape index (κ2) is 13.7. The molecule has 0 aliphatic carbocycles. The first-order valence-corrected chi connectivity index (χ1v) is 16.1. The number of benzene rings is 4. The van der Waals surface area contributed by atoms with Crippen LogP contribution >= 0.6 is 34.7 Å². The average molecular weight is 674 g/mol. The molecule has 1 fully saturated rings. The van der Waals surface area contributed by atoms with E-state index < -0.39 is 17.7 Å². The highest BCUT2D eigenvalue weighted by Crippen LogP contribution is 2.45. The second-order valence-electron chi connectivity index (χ2n) is 10.1. The number of rotatable bonds is 10. The van der Waals surface area contributed by atoms with Crippen LogP contribution in [-0.4, -0.2) is 34.1 Å². The van der Waals surface area contributed by atoms with Crippen LogP contribution in [0.15, 0.2) is 107 Å². The van der Waals surface area contributed by atoms with Crippen LogP contribution in [-0.2, 0) is 21.9 Å². The van der Waals surface area contributed by atoms with Crippen LogP contribution in [0.5, 0.6) is 11.5 Å². The molecule has 1 unspecified atom stereocenters. The second-order valence-corrected chi connectivity index (χ2v) is 12.7. The molecule has 5 aromatic rings. The lowest BCUT2D eigenvalue weighted by Gasteiger charge is -2.23. The van der Waals surface area contributed by atoms with Gasteiger partial charge in [-0.25, -0.2) is 4.39 Å². The molecule has 8 nitrogen and oxygen atoms in total. The molecule has 4 aromatic carbocycles. The number of carbonyl (C=O) groups is 2. The molecule has 1 aromatic heterocycles. The van der Waals surface area contributed by atoms with E-state index in [9.17, 15) is 19.1 Å². The number of aromatic nitrogens is 2. The number of carbonyl (C=O) groups excluding carboxylic acids is 2. The van der Waals surface area contributed by atoms with Crippen molar-refractivity contribution in [3.8, 4) is 11.5 Å². The fourth-order valence-electron chi connectivity index (χ4n) is 4.90. The maximum Gasteiger partial charge on any atom is 0.301 e. The lowest BCUT2D eigenvalue weighted by molar-refractivity contribution is -0.132. The highest BCUT2D eigenvalue weighted by molar-refractivity contribution is 8.00. The van der Waals surface area contributed by atoms with Crippen LogP contribution in [0, 0.1) is 5.82 Å². The van der Waals surface area contributed by atoms with E-state index in [1.165, 1.54) is 35.9 Å². The molecule has 1 saturated heterocycles. The molecule has 46 heavy (non-hydrogen) atoms. The van der Waals surface area contributed by atoms with Crippen molar-refractivity contribution in [3.05, 3.63) is 136 Å². The first-order chi connectivity index (χ1) is 22.3. The van der Waals surface area contributed by atoms with Crippen molar-refractivity contribution < 1.29 is 28.6 Å². The van der Waals surface area contributed by atoms with Gasteiger partial charge in [-0.1, -0.05) is 83.2 Å². The van der Waals surface area contributed by atoms with E-state index >= 15 is 0 Å². The van der Waals surface area contributed by atoms with Gasteiger partial charge in [0.25, 0.3) is 5.78 Å². The van der Waals surface area contributed by atoms with E-state index in [1.54, 1.807) is 54.6 Å². The number of nitrogens with zero attached hydrogens (tertiary/aromatic N) is 3. The van der Waals surface area contributed by atoms with Gasteiger partial charge in [0, 0.05) is 16.3 Å². The van der Waals surface area contributed by atoms with Crippen LogP contribution in [0.1, 0.15) is 28.3 Å². The number of aliphatic hydroxyl groups is 1. The predicted molar refractivity (Wildman–Crippen MR) is 176 cm³/mol. The van der Waals surface area contributed by atoms with E-state index in [2.05, 4.69) is 10.2 Å². The Bertz CT molecular complexity index is 1920. The van der Waals surface area contributed by atoms with Gasteiger partial charge >= 0.3 is 5.91 Å². The standard InChI is InChI=1S/C34H25ClFN3O5S2/c1-43-27-17-23(11-16-26(27)44-18-20-5-3-2-4-6-20)29-28(30(40)22-9-12-24(35)13-10-22)31(41)32(42)39(29)33-37-38-34(46-33)45-19-21-7-14-25(36)15-8-21/h2-17,29,40H,18-19H2,1H3/b30-28-. The Labute approximate surface area is 277 Å². The predicted octanol–water partition coefficient (Wildman–Crippen LogP) is 7.84. The molecule has 1 atom stereocenters. The van der Waals surface area contributed by atoms with Gasteiger partial charge in [0.1, 0.15) is 18.2 Å². The van der Waals surface area contributed by atoms with Gasteiger partial charge in [0.05, 0.1) is 18.7 Å². The topological polar surface area (TPSA) is 102 Å².